The van der Waals surface area contributed by atoms with Gasteiger partial charge in [-0.1, -0.05) is 29.8 Å². The van der Waals surface area contributed by atoms with E-state index < -0.39 is 12.2 Å². The molecule has 0 bridgehead atoms. The molecule has 0 amide bonds. The normalized spacial score (nSPS) is 13.2. The summed E-state index contributed by atoms with van der Waals surface area (Å²) < 4.78 is 46.4. The van der Waals surface area contributed by atoms with Gasteiger partial charge in [0.1, 0.15) is 11.1 Å². The Labute approximate surface area is 136 Å². The number of methoxy groups -OCH3 is 1. The highest BCUT2D eigenvalue weighted by Crippen LogP contribution is 2.41. The molecule has 8 heteroatoms. The van der Waals surface area contributed by atoms with E-state index in [0.717, 1.165) is 21.8 Å². The van der Waals surface area contributed by atoms with Gasteiger partial charge in [-0.2, -0.15) is 13.2 Å². The summed E-state index contributed by atoms with van der Waals surface area (Å²) >= 11 is 0.881. The van der Waals surface area contributed by atoms with Gasteiger partial charge in [0.2, 0.25) is 5.88 Å². The molecule has 2 aromatic rings. The van der Waals surface area contributed by atoms with Gasteiger partial charge in [0, 0.05) is 6.07 Å². The predicted molar refractivity (Wildman–Crippen MR) is 82.2 cm³/mol. The lowest BCUT2D eigenvalue weighted by molar-refractivity contribution is -0.169. The van der Waals surface area contributed by atoms with Crippen molar-refractivity contribution in [2.24, 2.45) is 0 Å². The van der Waals surface area contributed by atoms with E-state index in [0.29, 0.717) is 10.9 Å². The smallest absolute Gasteiger partial charge is 0.408 e. The van der Waals surface area contributed by atoms with E-state index in [1.165, 1.54) is 26.3 Å². The van der Waals surface area contributed by atoms with E-state index >= 15 is 0 Å². The molecule has 1 aromatic carbocycles. The van der Waals surface area contributed by atoms with E-state index in [9.17, 15) is 13.2 Å². The Bertz CT molecular complexity index is 632. The molecular weight excluding hydrogens is 327 g/mol. The Morgan fingerprint density at radius 1 is 1.09 bits per heavy atom. The lowest BCUT2D eigenvalue weighted by Gasteiger charge is -2.28. The summed E-state index contributed by atoms with van der Waals surface area (Å²) in [5.74, 6) is 0.308. The van der Waals surface area contributed by atoms with Crippen LogP contribution in [0.4, 0.5) is 13.2 Å². The van der Waals surface area contributed by atoms with Crippen LogP contribution in [0.2, 0.25) is 0 Å². The van der Waals surface area contributed by atoms with E-state index in [1.807, 2.05) is 6.92 Å². The molecule has 2 rings (SSSR count). The fourth-order valence-corrected chi connectivity index (χ4v) is 2.87. The third-order valence-electron chi connectivity index (χ3n) is 3.13. The van der Waals surface area contributed by atoms with Crippen molar-refractivity contribution in [1.29, 1.82) is 0 Å². The zero-order valence-electron chi connectivity index (χ0n) is 12.8. The van der Waals surface area contributed by atoms with Gasteiger partial charge in [-0.15, -0.1) is 10.2 Å². The minimum absolute atomic E-state index is 0.180. The van der Waals surface area contributed by atoms with Crippen LogP contribution in [0.25, 0.3) is 0 Å². The van der Waals surface area contributed by atoms with E-state index in [2.05, 4.69) is 10.2 Å². The monoisotopic (exact) mass is 343 g/mol. The minimum atomic E-state index is -4.41. The van der Waals surface area contributed by atoms with Gasteiger partial charge in [-0.05, 0) is 37.5 Å². The van der Waals surface area contributed by atoms with Crippen molar-refractivity contribution >= 4 is 11.9 Å². The highest BCUT2D eigenvalue weighted by molar-refractivity contribution is 7.97. The zero-order valence-corrected chi connectivity index (χ0v) is 13.6. The van der Waals surface area contributed by atoms with Crippen LogP contribution in [0.15, 0.2) is 41.4 Å². The van der Waals surface area contributed by atoms with E-state index in [1.54, 1.807) is 24.3 Å². The van der Waals surface area contributed by atoms with Crippen LogP contribution in [0.1, 0.15) is 17.2 Å². The number of ether oxygens (including phenoxy) is 1. The molecule has 0 aliphatic heterocycles. The molecule has 1 heterocycles. The first kappa shape index (κ1) is 17.6. The van der Waals surface area contributed by atoms with Crippen molar-refractivity contribution in [3.05, 3.63) is 47.5 Å². The summed E-state index contributed by atoms with van der Waals surface area (Å²) in [6.07, 6.45) is -4.41. The molecule has 0 saturated carbocycles. The van der Waals surface area contributed by atoms with Crippen LogP contribution in [0, 0.1) is 6.92 Å². The molecule has 1 aromatic heterocycles. The molecule has 23 heavy (non-hydrogen) atoms. The summed E-state index contributed by atoms with van der Waals surface area (Å²) in [5, 5.41) is 7.95. The molecule has 0 fully saturated rings. The zero-order chi connectivity index (χ0) is 17.0. The molecule has 0 radical (unpaired) electrons. The highest BCUT2D eigenvalue weighted by atomic mass is 32.2. The quantitative estimate of drug-likeness (QED) is 0.766. The molecule has 1 atom stereocenters. The van der Waals surface area contributed by atoms with E-state index in [-0.39, 0.29) is 5.56 Å². The maximum absolute atomic E-state index is 13.5. The Morgan fingerprint density at radius 2 is 1.74 bits per heavy atom. The molecule has 0 N–H and O–H groups in total. The molecule has 0 aliphatic rings. The third-order valence-corrected chi connectivity index (χ3v) is 4.03. The van der Waals surface area contributed by atoms with Crippen LogP contribution >= 0.6 is 11.9 Å². The number of alkyl halides is 3. The van der Waals surface area contributed by atoms with Gasteiger partial charge < -0.3 is 4.74 Å². The second-order valence-corrected chi connectivity index (χ2v) is 6.08. The van der Waals surface area contributed by atoms with Crippen LogP contribution < -0.4 is 4.74 Å². The first-order valence-corrected chi connectivity index (χ1v) is 7.50. The summed E-state index contributed by atoms with van der Waals surface area (Å²) in [6, 6.07) is 7.69. The van der Waals surface area contributed by atoms with Crippen molar-refractivity contribution in [3.8, 4) is 5.88 Å². The molecule has 0 saturated heterocycles. The lowest BCUT2D eigenvalue weighted by Crippen LogP contribution is -2.32. The number of nitrogens with zero attached hydrogens (tertiary/aromatic N) is 3. The van der Waals surface area contributed by atoms with Crippen molar-refractivity contribution in [3.63, 3.8) is 0 Å². The highest BCUT2D eigenvalue weighted by Gasteiger charge is 2.44. The number of rotatable bonds is 5. The fourth-order valence-electron chi connectivity index (χ4n) is 2.02. The second-order valence-electron chi connectivity index (χ2n) is 4.91. The largest absolute Gasteiger partial charge is 0.480 e. The van der Waals surface area contributed by atoms with Crippen molar-refractivity contribution in [2.45, 2.75) is 24.2 Å². The molecule has 4 nitrogen and oxygen atoms in total. The van der Waals surface area contributed by atoms with Crippen LogP contribution in [0.5, 0.6) is 5.88 Å². The number of hydrogen-bond donors (Lipinski definition) is 0. The first-order valence-electron chi connectivity index (χ1n) is 6.73. The summed E-state index contributed by atoms with van der Waals surface area (Å²) in [7, 11) is 2.83. The maximum Gasteiger partial charge on any atom is 0.408 e. The lowest BCUT2D eigenvalue weighted by atomic mass is 10.1. The van der Waals surface area contributed by atoms with Gasteiger partial charge in [0.05, 0.1) is 7.11 Å². The van der Waals surface area contributed by atoms with Crippen molar-refractivity contribution in [1.82, 2.24) is 14.5 Å². The second kappa shape index (κ2) is 7.18. The first-order chi connectivity index (χ1) is 10.8. The molecule has 1 unspecified atom stereocenters. The number of aryl methyl sites for hydroxylation is 1. The topological polar surface area (TPSA) is 38.2 Å². The van der Waals surface area contributed by atoms with Gasteiger partial charge >= 0.3 is 6.18 Å². The molecular formula is C15H16F3N3OS. The number of hydrogen-bond acceptors (Lipinski definition) is 5. The van der Waals surface area contributed by atoms with Crippen molar-refractivity contribution < 1.29 is 17.9 Å². The Morgan fingerprint density at radius 3 is 2.22 bits per heavy atom. The van der Waals surface area contributed by atoms with Crippen LogP contribution in [-0.2, 0) is 0 Å². The third kappa shape index (κ3) is 4.59. The number of aromatic nitrogens is 2. The van der Waals surface area contributed by atoms with Gasteiger partial charge in [0.15, 0.2) is 0 Å². The minimum Gasteiger partial charge on any atom is -0.480 e. The van der Waals surface area contributed by atoms with Crippen LogP contribution in [0.3, 0.4) is 0 Å². The van der Waals surface area contributed by atoms with Gasteiger partial charge in [0.25, 0.3) is 0 Å². The molecule has 0 spiro atoms. The summed E-state index contributed by atoms with van der Waals surface area (Å²) in [5.41, 5.74) is 1.09. The number of halogens is 3. The Hall–Kier alpha value is -1.80. The maximum atomic E-state index is 13.5. The Balaban J connectivity index is 2.22. The summed E-state index contributed by atoms with van der Waals surface area (Å²) in [4.78, 5) is 0. The average Bonchev–Trinajstić information content (AvgIpc) is 2.49. The van der Waals surface area contributed by atoms with Crippen LogP contribution in [-0.4, -0.2) is 34.8 Å². The number of benzene rings is 1. The van der Waals surface area contributed by atoms with Gasteiger partial charge in [-0.25, -0.2) is 4.31 Å². The SMILES string of the molecule is COc1ccc(SN(C)C(c2ccc(C)cc2)C(F)(F)F)nn1. The average molecular weight is 343 g/mol. The predicted octanol–water partition coefficient (Wildman–Crippen LogP) is 4.04. The van der Waals surface area contributed by atoms with E-state index in [4.69, 9.17) is 4.74 Å². The molecule has 0 aliphatic carbocycles. The molecule has 124 valence electrons. The van der Waals surface area contributed by atoms with Gasteiger partial charge in [-0.3, -0.25) is 0 Å². The van der Waals surface area contributed by atoms with Crippen molar-refractivity contribution in [2.75, 3.05) is 14.2 Å². The fraction of sp³-hybridized carbons (Fsp3) is 0.333. The summed E-state index contributed by atoms with van der Waals surface area (Å²) in [6.45, 7) is 1.83. The Kier molecular flexibility index (Phi) is 5.48. The standard InChI is InChI=1S/C15H16F3N3OS/c1-10-4-6-11(7-5-10)14(15(16,17)18)21(2)23-13-9-8-12(22-3)19-20-13/h4-9,14H,1-3H3.